The van der Waals surface area contributed by atoms with Crippen molar-refractivity contribution in [3.05, 3.63) is 77.1 Å². The van der Waals surface area contributed by atoms with Crippen LogP contribution >= 0.6 is 23.4 Å². The molecule has 0 saturated carbocycles. The van der Waals surface area contributed by atoms with Crippen LogP contribution in [0.2, 0.25) is 5.02 Å². The van der Waals surface area contributed by atoms with Crippen molar-refractivity contribution < 1.29 is 9.59 Å². The first-order chi connectivity index (χ1) is 14.1. The molecule has 2 aliphatic heterocycles. The minimum absolute atomic E-state index is 0.246. The lowest BCUT2D eigenvalue weighted by atomic mass is 9.94. The monoisotopic (exact) mass is 421 g/mol. The van der Waals surface area contributed by atoms with Crippen LogP contribution in [0.3, 0.4) is 0 Å². The third kappa shape index (κ3) is 2.82. The van der Waals surface area contributed by atoms with E-state index in [1.807, 2.05) is 55.5 Å². The van der Waals surface area contributed by atoms with Gasteiger partial charge < -0.3 is 5.32 Å². The number of fused-ring (bicyclic) bond motifs is 2. The van der Waals surface area contributed by atoms with Crippen molar-refractivity contribution in [2.75, 3.05) is 4.90 Å². The number of nitrogens with one attached hydrogen (secondary N) is 1. The van der Waals surface area contributed by atoms with Gasteiger partial charge in [-0.3, -0.25) is 9.78 Å². The van der Waals surface area contributed by atoms with Gasteiger partial charge in [0.05, 0.1) is 23.2 Å². The number of nitrogens with zero attached hydrogens (tertiary/aromatic N) is 2. The van der Waals surface area contributed by atoms with Crippen LogP contribution in [-0.2, 0) is 4.79 Å². The van der Waals surface area contributed by atoms with Gasteiger partial charge in [-0.25, -0.2) is 9.69 Å². The highest BCUT2D eigenvalue weighted by molar-refractivity contribution is 8.09. The number of thioether (sulfide) groups is 1. The lowest BCUT2D eigenvalue weighted by Gasteiger charge is -2.34. The van der Waals surface area contributed by atoms with Gasteiger partial charge in [0.1, 0.15) is 0 Å². The number of hydrogen-bond acceptors (Lipinski definition) is 4. The van der Waals surface area contributed by atoms with E-state index in [2.05, 4.69) is 10.3 Å². The van der Waals surface area contributed by atoms with Crippen molar-refractivity contribution in [1.82, 2.24) is 10.3 Å². The molecule has 3 heterocycles. The Bertz CT molecular complexity index is 1200. The molecule has 2 aliphatic rings. The topological polar surface area (TPSA) is 62.3 Å². The van der Waals surface area contributed by atoms with Crippen LogP contribution < -0.4 is 10.2 Å². The van der Waals surface area contributed by atoms with E-state index in [4.69, 9.17) is 11.6 Å². The van der Waals surface area contributed by atoms with Crippen LogP contribution in [0.4, 0.5) is 10.5 Å². The second-order valence-electron chi connectivity index (χ2n) is 7.01. The van der Waals surface area contributed by atoms with E-state index in [-0.39, 0.29) is 11.3 Å². The summed E-state index contributed by atoms with van der Waals surface area (Å²) in [6.45, 7) is 1.94. The summed E-state index contributed by atoms with van der Waals surface area (Å²) in [4.78, 5) is 32.8. The molecule has 29 heavy (non-hydrogen) atoms. The van der Waals surface area contributed by atoms with Crippen LogP contribution in [-0.4, -0.2) is 22.3 Å². The predicted molar refractivity (Wildman–Crippen MR) is 117 cm³/mol. The van der Waals surface area contributed by atoms with Gasteiger partial charge >= 0.3 is 6.03 Å². The van der Waals surface area contributed by atoms with Gasteiger partial charge in [-0.2, -0.15) is 0 Å². The second-order valence-corrected chi connectivity index (χ2v) is 8.57. The minimum atomic E-state index is -0.456. The minimum Gasteiger partial charge on any atom is -0.324 e. The van der Waals surface area contributed by atoms with Crippen molar-refractivity contribution in [2.45, 2.75) is 12.3 Å². The van der Waals surface area contributed by atoms with Gasteiger partial charge in [-0.05, 0) is 18.6 Å². The first-order valence-corrected chi connectivity index (χ1v) is 10.4. The fourth-order valence-corrected chi connectivity index (χ4v) is 5.71. The van der Waals surface area contributed by atoms with Gasteiger partial charge in [-0.1, -0.05) is 65.8 Å². The molecular weight excluding hydrogens is 406 g/mol. The molecule has 3 aromatic rings. The molecule has 0 spiro atoms. The molecule has 1 aromatic heterocycles. The first kappa shape index (κ1) is 18.2. The van der Waals surface area contributed by atoms with E-state index in [0.29, 0.717) is 10.7 Å². The zero-order chi connectivity index (χ0) is 20.1. The molecule has 0 aliphatic carbocycles. The van der Waals surface area contributed by atoms with E-state index in [9.17, 15) is 9.59 Å². The first-order valence-electron chi connectivity index (χ1n) is 9.16. The molecular formula is C22H16ClN3O2S. The summed E-state index contributed by atoms with van der Waals surface area (Å²) < 4.78 is 0. The molecule has 5 rings (SSSR count). The highest BCUT2D eigenvalue weighted by atomic mass is 35.5. The number of halogens is 1. The number of anilines is 1. The smallest absolute Gasteiger partial charge is 0.324 e. The van der Waals surface area contributed by atoms with Crippen molar-refractivity contribution in [3.63, 3.8) is 0 Å². The van der Waals surface area contributed by atoms with Crippen molar-refractivity contribution in [3.8, 4) is 0 Å². The Morgan fingerprint density at radius 3 is 2.66 bits per heavy atom. The highest BCUT2D eigenvalue weighted by Crippen LogP contribution is 2.50. The summed E-state index contributed by atoms with van der Waals surface area (Å²) >= 11 is 7.86. The number of benzene rings is 2. The average Bonchev–Trinajstić information content (AvgIpc) is 3.04. The van der Waals surface area contributed by atoms with Crippen LogP contribution in [0.1, 0.15) is 12.5 Å². The second kappa shape index (κ2) is 6.90. The van der Waals surface area contributed by atoms with Gasteiger partial charge in [0.2, 0.25) is 5.91 Å². The Morgan fingerprint density at radius 2 is 1.83 bits per heavy atom. The molecule has 144 valence electrons. The summed E-state index contributed by atoms with van der Waals surface area (Å²) in [6, 6.07) is 14.7. The van der Waals surface area contributed by atoms with Crippen molar-refractivity contribution >= 4 is 56.7 Å². The molecule has 7 heteroatoms. The average molecular weight is 422 g/mol. The van der Waals surface area contributed by atoms with E-state index in [1.54, 1.807) is 12.4 Å². The predicted octanol–water partition coefficient (Wildman–Crippen LogP) is 5.06. The Labute approximate surface area is 176 Å². The molecule has 0 bridgehead atoms. The number of hydrogen-bond donors (Lipinski definition) is 1. The lowest BCUT2D eigenvalue weighted by Crippen LogP contribution is -2.58. The number of pyridine rings is 1. The summed E-state index contributed by atoms with van der Waals surface area (Å²) in [5.41, 5.74) is 2.29. The highest BCUT2D eigenvalue weighted by Gasteiger charge is 2.48. The summed E-state index contributed by atoms with van der Waals surface area (Å²) in [7, 11) is 0. The van der Waals surface area contributed by atoms with E-state index in [1.165, 1.54) is 16.7 Å². The third-order valence-corrected chi connectivity index (χ3v) is 7.09. The largest absolute Gasteiger partial charge is 0.329 e. The zero-order valence-corrected chi connectivity index (χ0v) is 17.0. The zero-order valence-electron chi connectivity index (χ0n) is 15.4. The normalized spacial score (nSPS) is 21.5. The Kier molecular flexibility index (Phi) is 4.33. The van der Waals surface area contributed by atoms with Gasteiger partial charge in [0.25, 0.3) is 0 Å². The van der Waals surface area contributed by atoms with E-state index < -0.39 is 11.9 Å². The number of rotatable bonds is 2. The SMILES string of the molecule is CC1=C(c2ccccc2Cl)SC2NC(=O)N(c3cncc4ccccc34)C(=O)C12. The maximum absolute atomic E-state index is 13.5. The number of carbonyl (C=O) groups is 2. The van der Waals surface area contributed by atoms with Crippen molar-refractivity contribution in [1.29, 1.82) is 0 Å². The maximum Gasteiger partial charge on any atom is 0.329 e. The van der Waals surface area contributed by atoms with Crippen LogP contribution in [0, 0.1) is 5.92 Å². The maximum atomic E-state index is 13.5. The molecule has 5 nitrogen and oxygen atoms in total. The lowest BCUT2D eigenvalue weighted by molar-refractivity contribution is -0.121. The van der Waals surface area contributed by atoms with E-state index in [0.717, 1.165) is 26.8 Å². The van der Waals surface area contributed by atoms with Crippen LogP contribution in [0.25, 0.3) is 15.7 Å². The molecule has 0 radical (unpaired) electrons. The standard InChI is InChI=1S/C22H16ClN3O2S/c1-12-18-20(29-19(12)15-8-4-5-9-16(15)23)25-22(28)26(21(18)27)17-11-24-10-13-6-2-3-7-14(13)17/h2-11,18,20H,1H3,(H,25,28). The third-order valence-electron chi connectivity index (χ3n) is 5.33. The van der Waals surface area contributed by atoms with E-state index >= 15 is 0 Å². The number of amides is 3. The fourth-order valence-electron chi connectivity index (χ4n) is 3.94. The molecule has 1 saturated heterocycles. The van der Waals surface area contributed by atoms with Gasteiger partial charge in [0.15, 0.2) is 0 Å². The molecule has 2 aromatic carbocycles. The molecule has 2 atom stereocenters. The number of imide groups is 1. The molecule has 1 N–H and O–H groups in total. The summed E-state index contributed by atoms with van der Waals surface area (Å²) in [5.74, 6) is -0.702. The summed E-state index contributed by atoms with van der Waals surface area (Å²) in [5, 5.41) is 4.95. The van der Waals surface area contributed by atoms with Gasteiger partial charge in [-0.15, -0.1) is 0 Å². The van der Waals surface area contributed by atoms with Crippen molar-refractivity contribution in [2.24, 2.45) is 5.92 Å². The van der Waals surface area contributed by atoms with Gasteiger partial charge in [0, 0.05) is 32.5 Å². The molecule has 2 unspecified atom stereocenters. The number of carbonyl (C=O) groups excluding carboxylic acids is 2. The van der Waals surface area contributed by atoms with Crippen LogP contribution in [0.15, 0.2) is 66.5 Å². The fraction of sp³-hybridized carbons (Fsp3) is 0.136. The number of aromatic nitrogens is 1. The number of urea groups is 1. The molecule has 3 amide bonds. The Morgan fingerprint density at radius 1 is 1.07 bits per heavy atom. The van der Waals surface area contributed by atoms with Crippen LogP contribution in [0.5, 0.6) is 0 Å². The quantitative estimate of drug-likeness (QED) is 0.627. The Balaban J connectivity index is 1.60. The Hall–Kier alpha value is -2.83. The molecule has 1 fully saturated rings. The summed E-state index contributed by atoms with van der Waals surface area (Å²) in [6.07, 6.45) is 3.29.